The zero-order valence-corrected chi connectivity index (χ0v) is 10.9. The number of hydrogen-bond acceptors (Lipinski definition) is 4. The smallest absolute Gasteiger partial charge is 0.293 e. The van der Waals surface area contributed by atoms with Crippen LogP contribution in [0.15, 0.2) is 47.5 Å². The van der Waals surface area contributed by atoms with E-state index in [-0.39, 0.29) is 5.56 Å². The maximum Gasteiger partial charge on any atom is 0.293 e. The Kier molecular flexibility index (Phi) is 4.55. The molecule has 5 nitrogen and oxygen atoms in total. The minimum absolute atomic E-state index is 0.107. The van der Waals surface area contributed by atoms with E-state index in [4.69, 9.17) is 4.74 Å². The lowest BCUT2D eigenvalue weighted by atomic mass is 10.3. The van der Waals surface area contributed by atoms with E-state index >= 15 is 0 Å². The molecule has 0 aliphatic rings. The van der Waals surface area contributed by atoms with Crippen LogP contribution in [-0.2, 0) is 6.54 Å². The van der Waals surface area contributed by atoms with Gasteiger partial charge in [-0.25, -0.2) is 4.98 Å². The number of benzene rings is 1. The first-order valence-corrected chi connectivity index (χ1v) is 6.28. The molecule has 1 aromatic heterocycles. The van der Waals surface area contributed by atoms with E-state index in [1.165, 1.54) is 0 Å². The van der Waals surface area contributed by atoms with Crippen LogP contribution >= 0.6 is 0 Å². The Labute approximate surface area is 111 Å². The van der Waals surface area contributed by atoms with E-state index < -0.39 is 0 Å². The number of nitrogens with one attached hydrogen (secondary N) is 1. The van der Waals surface area contributed by atoms with E-state index in [0.29, 0.717) is 25.5 Å². The first-order chi connectivity index (χ1) is 9.31. The SMILES string of the molecule is CCn1ccnc(NCCOc2ccccc2)c1=O. The molecule has 100 valence electrons. The maximum absolute atomic E-state index is 11.9. The molecule has 0 saturated heterocycles. The molecular weight excluding hydrogens is 242 g/mol. The molecule has 1 heterocycles. The number of aromatic nitrogens is 2. The fraction of sp³-hybridized carbons (Fsp3) is 0.286. The predicted molar refractivity (Wildman–Crippen MR) is 74.6 cm³/mol. The molecule has 2 aromatic rings. The molecule has 0 aliphatic carbocycles. The van der Waals surface area contributed by atoms with Crippen LogP contribution in [0.4, 0.5) is 5.82 Å². The average Bonchev–Trinajstić information content (AvgIpc) is 2.46. The third kappa shape index (κ3) is 3.58. The highest BCUT2D eigenvalue weighted by molar-refractivity contribution is 5.30. The van der Waals surface area contributed by atoms with Gasteiger partial charge in [0.05, 0.1) is 6.54 Å². The summed E-state index contributed by atoms with van der Waals surface area (Å²) in [7, 11) is 0. The highest BCUT2D eigenvalue weighted by atomic mass is 16.5. The third-order valence-corrected chi connectivity index (χ3v) is 2.66. The Balaban J connectivity index is 1.85. The second-order valence-corrected chi connectivity index (χ2v) is 3.96. The van der Waals surface area contributed by atoms with Crippen LogP contribution in [0.1, 0.15) is 6.92 Å². The molecular formula is C14H17N3O2. The zero-order valence-electron chi connectivity index (χ0n) is 10.9. The van der Waals surface area contributed by atoms with Gasteiger partial charge in [0, 0.05) is 18.9 Å². The lowest BCUT2D eigenvalue weighted by Gasteiger charge is -2.08. The van der Waals surface area contributed by atoms with E-state index in [1.807, 2.05) is 37.3 Å². The summed E-state index contributed by atoms with van der Waals surface area (Å²) in [5, 5.41) is 2.99. The van der Waals surface area contributed by atoms with Gasteiger partial charge < -0.3 is 14.6 Å². The van der Waals surface area contributed by atoms with Gasteiger partial charge >= 0.3 is 0 Å². The molecule has 0 bridgehead atoms. The summed E-state index contributed by atoms with van der Waals surface area (Å²) in [6, 6.07) is 9.56. The molecule has 2 rings (SSSR count). The van der Waals surface area contributed by atoms with Crippen molar-refractivity contribution in [1.29, 1.82) is 0 Å². The largest absolute Gasteiger partial charge is 0.492 e. The summed E-state index contributed by atoms with van der Waals surface area (Å²) in [6.45, 7) is 3.57. The molecule has 0 fully saturated rings. The van der Waals surface area contributed by atoms with Gasteiger partial charge in [0.1, 0.15) is 12.4 Å². The van der Waals surface area contributed by atoms with Gasteiger partial charge in [-0.1, -0.05) is 18.2 Å². The molecule has 0 spiro atoms. The number of anilines is 1. The highest BCUT2D eigenvalue weighted by Crippen LogP contribution is 2.07. The lowest BCUT2D eigenvalue weighted by molar-refractivity contribution is 0.332. The van der Waals surface area contributed by atoms with Crippen molar-refractivity contribution in [3.63, 3.8) is 0 Å². The van der Waals surface area contributed by atoms with Crippen LogP contribution < -0.4 is 15.6 Å². The molecule has 0 radical (unpaired) electrons. The molecule has 0 amide bonds. The molecule has 1 N–H and O–H groups in total. The van der Waals surface area contributed by atoms with Crippen molar-refractivity contribution in [2.45, 2.75) is 13.5 Å². The minimum atomic E-state index is -0.107. The first-order valence-electron chi connectivity index (χ1n) is 6.28. The van der Waals surface area contributed by atoms with Crippen molar-refractivity contribution in [2.75, 3.05) is 18.5 Å². The van der Waals surface area contributed by atoms with Crippen LogP contribution in [0.25, 0.3) is 0 Å². The number of nitrogens with zero attached hydrogens (tertiary/aromatic N) is 2. The Hall–Kier alpha value is -2.30. The fourth-order valence-corrected chi connectivity index (χ4v) is 1.67. The second kappa shape index (κ2) is 6.58. The fourth-order valence-electron chi connectivity index (χ4n) is 1.67. The van der Waals surface area contributed by atoms with E-state index in [1.54, 1.807) is 17.0 Å². The summed E-state index contributed by atoms with van der Waals surface area (Å²) in [5.41, 5.74) is -0.107. The van der Waals surface area contributed by atoms with Crippen molar-refractivity contribution in [2.24, 2.45) is 0 Å². The number of aryl methyl sites for hydroxylation is 1. The highest BCUT2D eigenvalue weighted by Gasteiger charge is 2.02. The van der Waals surface area contributed by atoms with Gasteiger partial charge in [0.15, 0.2) is 5.82 Å². The molecule has 19 heavy (non-hydrogen) atoms. The van der Waals surface area contributed by atoms with Crippen molar-refractivity contribution in [1.82, 2.24) is 9.55 Å². The molecule has 5 heteroatoms. The van der Waals surface area contributed by atoms with Gasteiger partial charge in [-0.05, 0) is 19.1 Å². The summed E-state index contributed by atoms with van der Waals surface area (Å²) >= 11 is 0. The summed E-state index contributed by atoms with van der Waals surface area (Å²) in [6.07, 6.45) is 3.29. The van der Waals surface area contributed by atoms with Crippen molar-refractivity contribution in [3.8, 4) is 5.75 Å². The average molecular weight is 259 g/mol. The number of hydrogen-bond donors (Lipinski definition) is 1. The van der Waals surface area contributed by atoms with Crippen LogP contribution in [0.3, 0.4) is 0 Å². The van der Waals surface area contributed by atoms with Gasteiger partial charge in [0.2, 0.25) is 0 Å². The molecule has 0 unspecified atom stereocenters. The minimum Gasteiger partial charge on any atom is -0.492 e. The summed E-state index contributed by atoms with van der Waals surface area (Å²) in [4.78, 5) is 15.9. The van der Waals surface area contributed by atoms with Crippen LogP contribution in [0.5, 0.6) is 5.75 Å². The Morgan fingerprint density at radius 3 is 2.84 bits per heavy atom. The van der Waals surface area contributed by atoms with Crippen LogP contribution in [0.2, 0.25) is 0 Å². The Bertz CT molecular complexity index is 566. The van der Waals surface area contributed by atoms with Crippen molar-refractivity contribution in [3.05, 3.63) is 53.1 Å². The second-order valence-electron chi connectivity index (χ2n) is 3.96. The lowest BCUT2D eigenvalue weighted by Crippen LogP contribution is -2.25. The van der Waals surface area contributed by atoms with Gasteiger partial charge in [0.25, 0.3) is 5.56 Å². The molecule has 0 atom stereocenters. The van der Waals surface area contributed by atoms with Gasteiger partial charge in [-0.15, -0.1) is 0 Å². The summed E-state index contributed by atoms with van der Waals surface area (Å²) in [5.74, 6) is 1.18. The van der Waals surface area contributed by atoms with Crippen molar-refractivity contribution < 1.29 is 4.74 Å². The van der Waals surface area contributed by atoms with E-state index in [9.17, 15) is 4.79 Å². The third-order valence-electron chi connectivity index (χ3n) is 2.66. The number of rotatable bonds is 6. The normalized spacial score (nSPS) is 10.2. The predicted octanol–water partition coefficient (Wildman–Crippen LogP) is 1.75. The summed E-state index contributed by atoms with van der Waals surface area (Å²) < 4.78 is 7.13. The topological polar surface area (TPSA) is 56.1 Å². The quantitative estimate of drug-likeness (QED) is 0.803. The molecule has 1 aromatic carbocycles. The standard InChI is InChI=1S/C14H17N3O2/c1-2-17-10-8-15-13(14(17)18)16-9-11-19-12-6-4-3-5-7-12/h3-8,10H,2,9,11H2,1H3,(H,15,16). The maximum atomic E-state index is 11.9. The molecule has 0 aliphatic heterocycles. The number of para-hydroxylation sites is 1. The Morgan fingerprint density at radius 2 is 2.11 bits per heavy atom. The van der Waals surface area contributed by atoms with E-state index in [0.717, 1.165) is 5.75 Å². The monoisotopic (exact) mass is 259 g/mol. The van der Waals surface area contributed by atoms with Crippen LogP contribution in [0, 0.1) is 0 Å². The molecule has 0 saturated carbocycles. The van der Waals surface area contributed by atoms with Crippen molar-refractivity contribution >= 4 is 5.82 Å². The van der Waals surface area contributed by atoms with Crippen LogP contribution in [-0.4, -0.2) is 22.7 Å². The zero-order chi connectivity index (χ0) is 13.5. The van der Waals surface area contributed by atoms with E-state index in [2.05, 4.69) is 10.3 Å². The van der Waals surface area contributed by atoms with Gasteiger partial charge in [-0.3, -0.25) is 4.79 Å². The van der Waals surface area contributed by atoms with Gasteiger partial charge in [-0.2, -0.15) is 0 Å². The number of ether oxygens (including phenoxy) is 1. The Morgan fingerprint density at radius 1 is 1.32 bits per heavy atom. The first kappa shape index (κ1) is 13.1.